The fourth-order valence-electron chi connectivity index (χ4n) is 2.34. The number of hydrogen-bond acceptors (Lipinski definition) is 5. The fourth-order valence-corrected chi connectivity index (χ4v) is 3.29. The smallest absolute Gasteiger partial charge is 0.306 e. The molecule has 7 heteroatoms. The van der Waals surface area contributed by atoms with Crippen molar-refractivity contribution in [1.29, 1.82) is 0 Å². The summed E-state index contributed by atoms with van der Waals surface area (Å²) >= 11 is 1.53. The second kappa shape index (κ2) is 8.71. The van der Waals surface area contributed by atoms with Crippen molar-refractivity contribution in [3.63, 3.8) is 0 Å². The number of amides is 1. The summed E-state index contributed by atoms with van der Waals surface area (Å²) in [6.45, 7) is 4.91. The third-order valence-corrected chi connectivity index (χ3v) is 4.68. The van der Waals surface area contributed by atoms with Gasteiger partial charge in [0.25, 0.3) is 5.91 Å². The number of esters is 1. The highest BCUT2D eigenvalue weighted by molar-refractivity contribution is 7.12. The van der Waals surface area contributed by atoms with Crippen LogP contribution in [0.15, 0.2) is 24.3 Å². The number of Topliss-reactive ketones (excluding diaryl/α,β-unsaturated/α-hetero) is 1. The summed E-state index contributed by atoms with van der Waals surface area (Å²) in [5, 5.41) is 2.44. The first-order valence-electron chi connectivity index (χ1n) is 8.08. The van der Waals surface area contributed by atoms with Crippen LogP contribution >= 0.6 is 11.3 Å². The molecule has 5 nitrogen and oxygen atoms in total. The Morgan fingerprint density at radius 3 is 2.46 bits per heavy atom. The molecule has 0 saturated heterocycles. The van der Waals surface area contributed by atoms with E-state index in [1.807, 2.05) is 19.9 Å². The Morgan fingerprint density at radius 2 is 1.85 bits per heavy atom. The van der Waals surface area contributed by atoms with Crippen LogP contribution in [0, 0.1) is 26.6 Å². The van der Waals surface area contributed by atoms with Crippen molar-refractivity contribution < 1.29 is 23.5 Å². The Kier molecular flexibility index (Phi) is 6.63. The second-order valence-electron chi connectivity index (χ2n) is 5.92. The molecule has 2 rings (SSSR count). The number of benzene rings is 1. The highest BCUT2D eigenvalue weighted by Gasteiger charge is 2.15. The molecule has 138 valence electrons. The molecule has 26 heavy (non-hydrogen) atoms. The summed E-state index contributed by atoms with van der Waals surface area (Å²) in [4.78, 5) is 37.5. The van der Waals surface area contributed by atoms with Crippen molar-refractivity contribution in [2.45, 2.75) is 33.6 Å². The molecule has 0 unspecified atom stereocenters. The van der Waals surface area contributed by atoms with Crippen LogP contribution in [-0.2, 0) is 14.3 Å². The molecule has 0 bridgehead atoms. The predicted molar refractivity (Wildman–Crippen MR) is 98.1 cm³/mol. The van der Waals surface area contributed by atoms with Crippen LogP contribution in [0.1, 0.15) is 38.5 Å². The average Bonchev–Trinajstić information content (AvgIpc) is 2.92. The standard InChI is InChI=1S/C19H20FNO4S/c1-11-4-5-14(9-16(11)20)21-18(23)10-25-19(24)7-6-17(22)15-8-12(2)26-13(15)3/h4-5,8-9H,6-7,10H2,1-3H3,(H,21,23). The lowest BCUT2D eigenvalue weighted by atomic mass is 10.1. The number of hydrogen-bond donors (Lipinski definition) is 1. The van der Waals surface area contributed by atoms with E-state index in [0.29, 0.717) is 11.1 Å². The van der Waals surface area contributed by atoms with Crippen LogP contribution in [0.4, 0.5) is 10.1 Å². The van der Waals surface area contributed by atoms with Gasteiger partial charge in [0.2, 0.25) is 0 Å². The molecule has 1 aromatic carbocycles. The van der Waals surface area contributed by atoms with Gasteiger partial charge in [0.1, 0.15) is 5.82 Å². The molecule has 1 aromatic heterocycles. The maximum atomic E-state index is 13.4. The van der Waals surface area contributed by atoms with Gasteiger partial charge in [-0.25, -0.2) is 4.39 Å². The number of aryl methyl sites for hydroxylation is 3. The Morgan fingerprint density at radius 1 is 1.12 bits per heavy atom. The lowest BCUT2D eigenvalue weighted by Gasteiger charge is -2.07. The topological polar surface area (TPSA) is 72.5 Å². The molecule has 0 atom stereocenters. The zero-order valence-corrected chi connectivity index (χ0v) is 15.7. The van der Waals surface area contributed by atoms with Gasteiger partial charge in [0.15, 0.2) is 12.4 Å². The van der Waals surface area contributed by atoms with E-state index in [-0.39, 0.29) is 24.3 Å². The zero-order valence-electron chi connectivity index (χ0n) is 14.8. The van der Waals surface area contributed by atoms with Gasteiger partial charge >= 0.3 is 5.97 Å². The summed E-state index contributed by atoms with van der Waals surface area (Å²) in [7, 11) is 0. The lowest BCUT2D eigenvalue weighted by Crippen LogP contribution is -2.21. The summed E-state index contributed by atoms with van der Waals surface area (Å²) in [6.07, 6.45) is -0.0692. The minimum absolute atomic E-state index is 0.0284. The van der Waals surface area contributed by atoms with Gasteiger partial charge in [-0.3, -0.25) is 14.4 Å². The molecule has 1 heterocycles. The van der Waals surface area contributed by atoms with Crippen LogP contribution < -0.4 is 5.32 Å². The summed E-state index contributed by atoms with van der Waals surface area (Å²) in [5.41, 5.74) is 1.38. The number of carbonyl (C=O) groups is 3. The van der Waals surface area contributed by atoms with Crippen LogP contribution in [0.2, 0.25) is 0 Å². The Balaban J connectivity index is 1.75. The first kappa shape index (κ1) is 19.8. The van der Waals surface area contributed by atoms with E-state index in [2.05, 4.69) is 5.32 Å². The van der Waals surface area contributed by atoms with Crippen molar-refractivity contribution >= 4 is 34.7 Å². The summed E-state index contributed by atoms with van der Waals surface area (Å²) in [5.74, 6) is -1.76. The Bertz CT molecular complexity index is 844. The Hall–Kier alpha value is -2.54. The first-order chi connectivity index (χ1) is 12.3. The van der Waals surface area contributed by atoms with E-state index in [0.717, 1.165) is 9.75 Å². The van der Waals surface area contributed by atoms with E-state index < -0.39 is 24.3 Å². The maximum absolute atomic E-state index is 13.4. The molecule has 0 aliphatic carbocycles. The predicted octanol–water partition coefficient (Wildman–Crippen LogP) is 3.96. The molecule has 0 aliphatic heterocycles. The molecular formula is C19H20FNO4S. The van der Waals surface area contributed by atoms with Gasteiger partial charge < -0.3 is 10.1 Å². The number of thiophene rings is 1. The molecule has 0 saturated carbocycles. The van der Waals surface area contributed by atoms with Gasteiger partial charge in [-0.2, -0.15) is 0 Å². The number of nitrogens with one attached hydrogen (secondary N) is 1. The summed E-state index contributed by atoms with van der Waals surface area (Å²) < 4.78 is 18.3. The zero-order chi connectivity index (χ0) is 19.3. The molecule has 1 amide bonds. The second-order valence-corrected chi connectivity index (χ2v) is 7.38. The third kappa shape index (κ3) is 5.49. The highest BCUT2D eigenvalue weighted by Crippen LogP contribution is 2.22. The minimum atomic E-state index is -0.631. The molecule has 1 N–H and O–H groups in total. The van der Waals surface area contributed by atoms with E-state index in [9.17, 15) is 18.8 Å². The van der Waals surface area contributed by atoms with Crippen LogP contribution in [0.3, 0.4) is 0 Å². The van der Waals surface area contributed by atoms with E-state index in [1.54, 1.807) is 13.0 Å². The lowest BCUT2D eigenvalue weighted by molar-refractivity contribution is -0.147. The van der Waals surface area contributed by atoms with E-state index >= 15 is 0 Å². The molecule has 0 aliphatic rings. The molecule has 0 radical (unpaired) electrons. The number of halogens is 1. The minimum Gasteiger partial charge on any atom is -0.456 e. The van der Waals surface area contributed by atoms with Gasteiger partial charge in [0.05, 0.1) is 6.42 Å². The van der Waals surface area contributed by atoms with Crippen molar-refractivity contribution in [1.82, 2.24) is 0 Å². The first-order valence-corrected chi connectivity index (χ1v) is 8.89. The van der Waals surface area contributed by atoms with Crippen LogP contribution in [-0.4, -0.2) is 24.3 Å². The largest absolute Gasteiger partial charge is 0.456 e. The van der Waals surface area contributed by atoms with Crippen LogP contribution in [0.5, 0.6) is 0 Å². The number of ether oxygens (including phenoxy) is 1. The van der Waals surface area contributed by atoms with Crippen molar-refractivity contribution in [2.75, 3.05) is 11.9 Å². The van der Waals surface area contributed by atoms with Crippen molar-refractivity contribution in [3.8, 4) is 0 Å². The molecular weight excluding hydrogens is 357 g/mol. The number of ketones is 1. The van der Waals surface area contributed by atoms with Crippen LogP contribution in [0.25, 0.3) is 0 Å². The fraction of sp³-hybridized carbons (Fsp3) is 0.316. The molecule has 0 spiro atoms. The number of carbonyl (C=O) groups excluding carboxylic acids is 3. The van der Waals surface area contributed by atoms with E-state index in [1.165, 1.54) is 23.5 Å². The quantitative estimate of drug-likeness (QED) is 0.586. The van der Waals surface area contributed by atoms with Gasteiger partial charge in [-0.05, 0) is 44.5 Å². The average molecular weight is 377 g/mol. The van der Waals surface area contributed by atoms with Gasteiger partial charge in [-0.15, -0.1) is 11.3 Å². The number of anilines is 1. The SMILES string of the molecule is Cc1cc(C(=O)CCC(=O)OCC(=O)Nc2ccc(C)c(F)c2)c(C)s1. The summed E-state index contributed by atoms with van der Waals surface area (Å²) in [6, 6.07) is 6.10. The maximum Gasteiger partial charge on any atom is 0.306 e. The third-order valence-electron chi connectivity index (χ3n) is 3.72. The highest BCUT2D eigenvalue weighted by atomic mass is 32.1. The molecule has 0 fully saturated rings. The van der Waals surface area contributed by atoms with Gasteiger partial charge in [-0.1, -0.05) is 6.07 Å². The Labute approximate surface area is 155 Å². The van der Waals surface area contributed by atoms with Crippen molar-refractivity contribution in [2.24, 2.45) is 0 Å². The van der Waals surface area contributed by atoms with Crippen molar-refractivity contribution in [3.05, 3.63) is 51.0 Å². The monoisotopic (exact) mass is 377 g/mol. The van der Waals surface area contributed by atoms with Gasteiger partial charge in [0, 0.05) is 27.4 Å². The van der Waals surface area contributed by atoms with E-state index in [4.69, 9.17) is 4.74 Å². The number of rotatable bonds is 7. The molecule has 2 aromatic rings. The normalized spacial score (nSPS) is 10.5.